The van der Waals surface area contributed by atoms with Gasteiger partial charge < -0.3 is 0 Å². The molecular formula is C14H15NO2S. The first kappa shape index (κ1) is 14.2. The van der Waals surface area contributed by atoms with Gasteiger partial charge in [-0.15, -0.1) is 0 Å². The van der Waals surface area contributed by atoms with E-state index in [2.05, 4.69) is 6.58 Å². The number of hydrogen-bond donors (Lipinski definition) is 1. The van der Waals surface area contributed by atoms with Crippen molar-refractivity contribution >= 4 is 16.1 Å². The summed E-state index contributed by atoms with van der Waals surface area (Å²) in [4.78, 5) is 0.148. The van der Waals surface area contributed by atoms with E-state index in [1.54, 1.807) is 18.2 Å². The molecule has 0 aromatic heterocycles. The monoisotopic (exact) mass is 261 g/mol. The highest BCUT2D eigenvalue weighted by Gasteiger charge is 2.03. The summed E-state index contributed by atoms with van der Waals surface area (Å²) < 4.78 is 21.2. The standard InChI is InChI=1S/C8H8.C6H7NO2S/c1-2-8-6-4-3-5-7-8;7-10(8,9)6-4-2-1-3-5-6/h2-7H,1H2;1-5H,(H2,7,8,9). The van der Waals surface area contributed by atoms with Crippen LogP contribution in [0.5, 0.6) is 0 Å². The third kappa shape index (κ3) is 4.95. The van der Waals surface area contributed by atoms with Crippen molar-refractivity contribution in [2.75, 3.05) is 0 Å². The van der Waals surface area contributed by atoms with E-state index in [4.69, 9.17) is 5.14 Å². The summed E-state index contributed by atoms with van der Waals surface area (Å²) in [7, 11) is -3.50. The van der Waals surface area contributed by atoms with Crippen LogP contribution in [-0.2, 0) is 10.0 Å². The number of primary sulfonamides is 1. The van der Waals surface area contributed by atoms with E-state index >= 15 is 0 Å². The Kier molecular flexibility index (Phi) is 5.30. The largest absolute Gasteiger partial charge is 0.238 e. The summed E-state index contributed by atoms with van der Waals surface area (Å²) in [6.07, 6.45) is 1.83. The minimum atomic E-state index is -3.50. The second-order valence-corrected chi connectivity index (χ2v) is 5.03. The average Bonchev–Trinajstić information content (AvgIpc) is 2.40. The fraction of sp³-hybridized carbons (Fsp3) is 0. The Balaban J connectivity index is 0.000000184. The molecular weight excluding hydrogens is 246 g/mol. The predicted octanol–water partition coefficient (Wildman–Crippen LogP) is 2.66. The summed E-state index contributed by atoms with van der Waals surface area (Å²) >= 11 is 0. The number of hydrogen-bond acceptors (Lipinski definition) is 2. The summed E-state index contributed by atoms with van der Waals surface area (Å²) in [6.45, 7) is 3.63. The lowest BCUT2D eigenvalue weighted by Gasteiger charge is -1.93. The topological polar surface area (TPSA) is 60.2 Å². The molecule has 2 aromatic carbocycles. The lowest BCUT2D eigenvalue weighted by molar-refractivity contribution is 0.598. The Bertz CT molecular complexity index is 578. The van der Waals surface area contributed by atoms with Gasteiger partial charge in [-0.05, 0) is 17.7 Å². The maximum absolute atomic E-state index is 10.6. The molecule has 4 heteroatoms. The second kappa shape index (κ2) is 6.74. The Morgan fingerprint density at radius 2 is 1.33 bits per heavy atom. The molecule has 0 atom stereocenters. The van der Waals surface area contributed by atoms with E-state index in [0.717, 1.165) is 0 Å². The van der Waals surface area contributed by atoms with Crippen LogP contribution in [0.2, 0.25) is 0 Å². The molecule has 0 aliphatic carbocycles. The van der Waals surface area contributed by atoms with Gasteiger partial charge >= 0.3 is 0 Å². The van der Waals surface area contributed by atoms with Crippen LogP contribution in [0, 0.1) is 0 Å². The number of sulfonamides is 1. The normalized spacial score (nSPS) is 10.1. The van der Waals surface area contributed by atoms with Gasteiger partial charge in [0.05, 0.1) is 4.90 Å². The molecule has 18 heavy (non-hydrogen) atoms. The Hall–Kier alpha value is -1.91. The minimum Gasteiger partial charge on any atom is -0.225 e. The van der Waals surface area contributed by atoms with Crippen molar-refractivity contribution < 1.29 is 8.42 Å². The van der Waals surface area contributed by atoms with Crippen LogP contribution in [-0.4, -0.2) is 8.42 Å². The van der Waals surface area contributed by atoms with Gasteiger partial charge in [-0.25, -0.2) is 13.6 Å². The number of nitrogens with two attached hydrogens (primary N) is 1. The zero-order valence-electron chi connectivity index (χ0n) is 9.86. The number of benzene rings is 2. The summed E-state index contributed by atoms with van der Waals surface area (Å²) in [5, 5.41) is 4.83. The molecule has 0 bridgehead atoms. The van der Waals surface area contributed by atoms with Crippen molar-refractivity contribution in [3.63, 3.8) is 0 Å². The molecule has 0 aliphatic rings. The molecule has 94 valence electrons. The Labute approximate surface area is 108 Å². The zero-order valence-corrected chi connectivity index (χ0v) is 10.7. The summed E-state index contributed by atoms with van der Waals surface area (Å²) in [5.41, 5.74) is 1.17. The molecule has 0 saturated carbocycles. The molecule has 0 radical (unpaired) electrons. The molecule has 3 nitrogen and oxygen atoms in total. The lowest BCUT2D eigenvalue weighted by Crippen LogP contribution is -2.11. The highest BCUT2D eigenvalue weighted by atomic mass is 32.2. The van der Waals surface area contributed by atoms with Crippen LogP contribution in [0.4, 0.5) is 0 Å². The SMILES string of the molecule is C=Cc1ccccc1.NS(=O)(=O)c1ccccc1. The van der Waals surface area contributed by atoms with Crippen molar-refractivity contribution in [2.45, 2.75) is 4.90 Å². The van der Waals surface area contributed by atoms with Gasteiger partial charge in [0, 0.05) is 0 Å². The van der Waals surface area contributed by atoms with Crippen molar-refractivity contribution in [1.82, 2.24) is 0 Å². The first-order valence-corrected chi connectivity index (χ1v) is 6.84. The van der Waals surface area contributed by atoms with Crippen LogP contribution in [0.15, 0.2) is 72.1 Å². The predicted molar refractivity (Wildman–Crippen MR) is 74.3 cm³/mol. The lowest BCUT2D eigenvalue weighted by atomic mass is 10.2. The highest BCUT2D eigenvalue weighted by Crippen LogP contribution is 2.03. The van der Waals surface area contributed by atoms with Crippen molar-refractivity contribution in [1.29, 1.82) is 0 Å². The van der Waals surface area contributed by atoms with Gasteiger partial charge in [0.25, 0.3) is 0 Å². The third-order valence-corrected chi connectivity index (χ3v) is 3.04. The van der Waals surface area contributed by atoms with E-state index in [1.165, 1.54) is 17.7 Å². The van der Waals surface area contributed by atoms with Crippen molar-refractivity contribution in [2.24, 2.45) is 5.14 Å². The van der Waals surface area contributed by atoms with Crippen molar-refractivity contribution in [3.05, 3.63) is 72.8 Å². The van der Waals surface area contributed by atoms with E-state index in [-0.39, 0.29) is 4.90 Å². The van der Waals surface area contributed by atoms with Gasteiger partial charge in [0.15, 0.2) is 0 Å². The van der Waals surface area contributed by atoms with Crippen LogP contribution >= 0.6 is 0 Å². The molecule has 0 heterocycles. The van der Waals surface area contributed by atoms with Crippen LogP contribution in [0.25, 0.3) is 6.08 Å². The quantitative estimate of drug-likeness (QED) is 0.903. The smallest absolute Gasteiger partial charge is 0.225 e. The first-order chi connectivity index (χ1) is 8.54. The Morgan fingerprint density at radius 3 is 1.61 bits per heavy atom. The molecule has 0 unspecified atom stereocenters. The van der Waals surface area contributed by atoms with Crippen LogP contribution in [0.3, 0.4) is 0 Å². The molecule has 0 fully saturated rings. The maximum atomic E-state index is 10.6. The minimum absolute atomic E-state index is 0.148. The fourth-order valence-electron chi connectivity index (χ4n) is 1.20. The molecule has 0 amide bonds. The first-order valence-electron chi connectivity index (χ1n) is 5.29. The summed E-state index contributed by atoms with van der Waals surface area (Å²) in [5.74, 6) is 0. The van der Waals surface area contributed by atoms with Crippen molar-refractivity contribution in [3.8, 4) is 0 Å². The zero-order chi connectivity index (χ0) is 13.4. The van der Waals surface area contributed by atoms with Gasteiger partial charge in [0.2, 0.25) is 10.0 Å². The van der Waals surface area contributed by atoms with E-state index in [0.29, 0.717) is 0 Å². The maximum Gasteiger partial charge on any atom is 0.238 e. The highest BCUT2D eigenvalue weighted by molar-refractivity contribution is 7.89. The molecule has 0 spiro atoms. The molecule has 0 aliphatic heterocycles. The number of rotatable bonds is 2. The molecule has 2 N–H and O–H groups in total. The second-order valence-electron chi connectivity index (χ2n) is 3.47. The fourth-order valence-corrected chi connectivity index (χ4v) is 1.74. The van der Waals surface area contributed by atoms with E-state index in [9.17, 15) is 8.42 Å². The van der Waals surface area contributed by atoms with Crippen LogP contribution < -0.4 is 5.14 Å². The van der Waals surface area contributed by atoms with E-state index in [1.807, 2.05) is 36.4 Å². The summed E-state index contributed by atoms with van der Waals surface area (Å²) in [6, 6.07) is 17.9. The van der Waals surface area contributed by atoms with Gasteiger partial charge in [0.1, 0.15) is 0 Å². The van der Waals surface area contributed by atoms with Gasteiger partial charge in [-0.3, -0.25) is 0 Å². The molecule has 2 rings (SSSR count). The van der Waals surface area contributed by atoms with Gasteiger partial charge in [-0.1, -0.05) is 61.2 Å². The van der Waals surface area contributed by atoms with E-state index < -0.39 is 10.0 Å². The average molecular weight is 261 g/mol. The molecule has 2 aromatic rings. The van der Waals surface area contributed by atoms with Gasteiger partial charge in [-0.2, -0.15) is 0 Å². The Morgan fingerprint density at radius 1 is 0.889 bits per heavy atom. The third-order valence-electron chi connectivity index (χ3n) is 2.11. The van der Waals surface area contributed by atoms with Crippen LogP contribution in [0.1, 0.15) is 5.56 Å². The molecule has 0 saturated heterocycles.